The van der Waals surface area contributed by atoms with E-state index in [1.54, 1.807) is 18.2 Å². The first-order chi connectivity index (χ1) is 19.5. The fourth-order valence-corrected chi connectivity index (χ4v) is 6.02. The summed E-state index contributed by atoms with van der Waals surface area (Å²) >= 11 is 0. The van der Waals surface area contributed by atoms with Gasteiger partial charge in [0.1, 0.15) is 28.0 Å². The SMILES string of the molecule is CC(C)N1CCOc2c(F)cc(-c3nc(Nc4ccc(C5CCN(CCS(C)(=O)=O)CC5)c(F)c4)ncc3F)cc21. The lowest BCUT2D eigenvalue weighted by atomic mass is 9.89. The molecule has 0 bridgehead atoms. The number of hydrogen-bond acceptors (Lipinski definition) is 8. The van der Waals surface area contributed by atoms with Crippen molar-refractivity contribution in [3.05, 3.63) is 59.5 Å². The first kappa shape index (κ1) is 29.1. The zero-order valence-corrected chi connectivity index (χ0v) is 24.1. The summed E-state index contributed by atoms with van der Waals surface area (Å²) in [7, 11) is -3.02. The molecular weight excluding hydrogens is 555 g/mol. The molecule has 0 unspecified atom stereocenters. The summed E-state index contributed by atoms with van der Waals surface area (Å²) in [6.07, 6.45) is 3.69. The number of rotatable bonds is 8. The van der Waals surface area contributed by atoms with Gasteiger partial charge >= 0.3 is 0 Å². The highest BCUT2D eigenvalue weighted by Gasteiger charge is 2.26. The van der Waals surface area contributed by atoms with Crippen molar-refractivity contribution in [3.8, 4) is 17.0 Å². The van der Waals surface area contributed by atoms with Gasteiger partial charge in [-0.1, -0.05) is 6.07 Å². The van der Waals surface area contributed by atoms with Crippen molar-refractivity contribution in [3.63, 3.8) is 0 Å². The van der Waals surface area contributed by atoms with Crippen molar-refractivity contribution in [1.82, 2.24) is 14.9 Å². The van der Waals surface area contributed by atoms with Gasteiger partial charge in [-0.3, -0.25) is 0 Å². The Morgan fingerprint density at radius 3 is 2.49 bits per heavy atom. The van der Waals surface area contributed by atoms with Crippen LogP contribution in [0, 0.1) is 17.5 Å². The van der Waals surface area contributed by atoms with Gasteiger partial charge in [-0.05, 0) is 75.5 Å². The Hall–Kier alpha value is -3.38. The molecule has 220 valence electrons. The number of aromatic nitrogens is 2. The Labute approximate surface area is 238 Å². The fraction of sp³-hybridized carbons (Fsp3) is 0.448. The molecule has 0 saturated carbocycles. The van der Waals surface area contributed by atoms with Crippen LogP contribution in [-0.4, -0.2) is 74.1 Å². The molecule has 0 spiro atoms. The second-order valence-electron chi connectivity index (χ2n) is 10.9. The maximum atomic E-state index is 15.2. The number of sulfone groups is 1. The molecule has 1 fully saturated rings. The second-order valence-corrected chi connectivity index (χ2v) is 13.2. The molecule has 3 heterocycles. The number of benzene rings is 2. The predicted molar refractivity (Wildman–Crippen MR) is 153 cm³/mol. The third-order valence-corrected chi connectivity index (χ3v) is 8.54. The quantitative estimate of drug-likeness (QED) is 0.387. The highest BCUT2D eigenvalue weighted by Crippen LogP contribution is 2.39. The summed E-state index contributed by atoms with van der Waals surface area (Å²) < 4.78 is 73.4. The summed E-state index contributed by atoms with van der Waals surface area (Å²) in [5.74, 6) is -1.37. The van der Waals surface area contributed by atoms with Gasteiger partial charge < -0.3 is 19.9 Å². The lowest BCUT2D eigenvalue weighted by Gasteiger charge is -2.34. The molecule has 5 rings (SSSR count). The Balaban J connectivity index is 1.31. The number of nitrogens with one attached hydrogen (secondary N) is 1. The van der Waals surface area contributed by atoms with Crippen molar-refractivity contribution in [2.24, 2.45) is 0 Å². The van der Waals surface area contributed by atoms with Gasteiger partial charge in [0.25, 0.3) is 0 Å². The maximum Gasteiger partial charge on any atom is 0.227 e. The van der Waals surface area contributed by atoms with Crippen LogP contribution in [0.2, 0.25) is 0 Å². The summed E-state index contributed by atoms with van der Waals surface area (Å²) in [6, 6.07) is 7.74. The van der Waals surface area contributed by atoms with Crippen molar-refractivity contribution in [1.29, 1.82) is 0 Å². The summed E-state index contributed by atoms with van der Waals surface area (Å²) in [4.78, 5) is 12.4. The van der Waals surface area contributed by atoms with Gasteiger partial charge in [0, 0.05) is 30.1 Å². The summed E-state index contributed by atoms with van der Waals surface area (Å²) in [5, 5.41) is 2.93. The molecule has 1 N–H and O–H groups in total. The largest absolute Gasteiger partial charge is 0.486 e. The lowest BCUT2D eigenvalue weighted by molar-refractivity contribution is 0.221. The van der Waals surface area contributed by atoms with Crippen LogP contribution in [0.1, 0.15) is 38.2 Å². The van der Waals surface area contributed by atoms with Crippen molar-refractivity contribution in [2.45, 2.75) is 38.6 Å². The number of fused-ring (bicyclic) bond motifs is 1. The van der Waals surface area contributed by atoms with E-state index in [2.05, 4.69) is 20.2 Å². The van der Waals surface area contributed by atoms with E-state index >= 15 is 4.39 Å². The normalized spacial score (nSPS) is 16.5. The predicted octanol–water partition coefficient (Wildman–Crippen LogP) is 5.14. The van der Waals surface area contributed by atoms with E-state index in [-0.39, 0.29) is 46.5 Å². The fourth-order valence-electron chi connectivity index (χ4n) is 5.43. The van der Waals surface area contributed by atoms with Crippen LogP contribution in [0.5, 0.6) is 5.75 Å². The number of piperidine rings is 1. The Morgan fingerprint density at radius 2 is 1.80 bits per heavy atom. The first-order valence-corrected chi connectivity index (χ1v) is 15.8. The molecule has 8 nitrogen and oxygen atoms in total. The van der Waals surface area contributed by atoms with E-state index in [1.165, 1.54) is 18.4 Å². The molecule has 1 aromatic heterocycles. The van der Waals surface area contributed by atoms with Crippen LogP contribution in [0.15, 0.2) is 36.5 Å². The zero-order chi connectivity index (χ0) is 29.3. The average Bonchev–Trinajstić information content (AvgIpc) is 2.92. The van der Waals surface area contributed by atoms with E-state index in [9.17, 15) is 17.2 Å². The highest BCUT2D eigenvalue weighted by atomic mass is 32.2. The van der Waals surface area contributed by atoms with Gasteiger partial charge in [0.15, 0.2) is 17.4 Å². The third-order valence-electron chi connectivity index (χ3n) is 7.62. The number of hydrogen-bond donors (Lipinski definition) is 1. The lowest BCUT2D eigenvalue weighted by Crippen LogP contribution is -2.38. The summed E-state index contributed by atoms with van der Waals surface area (Å²) in [5.41, 5.74) is 1.68. The van der Waals surface area contributed by atoms with Crippen LogP contribution in [0.4, 0.5) is 30.5 Å². The molecule has 0 atom stereocenters. The zero-order valence-electron chi connectivity index (χ0n) is 23.3. The molecule has 2 aromatic carbocycles. The molecule has 0 radical (unpaired) electrons. The number of ether oxygens (including phenoxy) is 1. The van der Waals surface area contributed by atoms with Gasteiger partial charge in [-0.15, -0.1) is 0 Å². The van der Waals surface area contributed by atoms with Crippen molar-refractivity contribution >= 4 is 27.2 Å². The molecule has 2 aliphatic heterocycles. The smallest absolute Gasteiger partial charge is 0.227 e. The van der Waals surface area contributed by atoms with Gasteiger partial charge in [0.2, 0.25) is 5.95 Å². The first-order valence-electron chi connectivity index (χ1n) is 13.7. The van der Waals surface area contributed by atoms with Crippen LogP contribution >= 0.6 is 0 Å². The van der Waals surface area contributed by atoms with Crippen LogP contribution in [0.3, 0.4) is 0 Å². The average molecular weight is 590 g/mol. The Bertz CT molecular complexity index is 1530. The molecule has 1 saturated heterocycles. The monoisotopic (exact) mass is 589 g/mol. The number of nitrogens with zero attached hydrogens (tertiary/aromatic N) is 4. The highest BCUT2D eigenvalue weighted by molar-refractivity contribution is 7.90. The standard InChI is InChI=1S/C29H34F3N5O3S/c1-18(2)37-10-12-40-28-24(31)14-20(15-26(28)37)27-25(32)17-33-29(35-27)34-21-4-5-22(23(30)16-21)19-6-8-36(9-7-19)11-13-41(3,38)39/h4-5,14-19H,6-13H2,1-3H3,(H,33,34,35). The Kier molecular flexibility index (Phi) is 8.42. The third kappa shape index (κ3) is 6.75. The van der Waals surface area contributed by atoms with Gasteiger partial charge in [0.05, 0.1) is 24.2 Å². The molecule has 3 aromatic rings. The van der Waals surface area contributed by atoms with Gasteiger partial charge in [-0.2, -0.15) is 0 Å². The molecule has 0 aliphatic carbocycles. The summed E-state index contributed by atoms with van der Waals surface area (Å²) in [6.45, 7) is 6.81. The van der Waals surface area contributed by atoms with E-state index in [4.69, 9.17) is 4.74 Å². The molecular formula is C29H34F3N5O3S. The van der Waals surface area contributed by atoms with Crippen LogP contribution < -0.4 is 15.0 Å². The minimum Gasteiger partial charge on any atom is -0.486 e. The van der Waals surface area contributed by atoms with E-state index in [0.29, 0.717) is 49.7 Å². The van der Waals surface area contributed by atoms with Gasteiger partial charge in [-0.25, -0.2) is 31.6 Å². The maximum absolute atomic E-state index is 15.2. The molecule has 12 heteroatoms. The van der Waals surface area contributed by atoms with E-state index in [0.717, 1.165) is 19.0 Å². The van der Waals surface area contributed by atoms with Crippen LogP contribution in [-0.2, 0) is 9.84 Å². The number of halogens is 3. The van der Waals surface area contributed by atoms with E-state index in [1.807, 2.05) is 18.7 Å². The Morgan fingerprint density at radius 1 is 1.05 bits per heavy atom. The molecule has 0 amide bonds. The van der Waals surface area contributed by atoms with E-state index < -0.39 is 21.5 Å². The molecule has 41 heavy (non-hydrogen) atoms. The molecule has 2 aliphatic rings. The number of anilines is 3. The van der Waals surface area contributed by atoms with Crippen molar-refractivity contribution < 1.29 is 26.3 Å². The minimum absolute atomic E-state index is 0.0282. The topological polar surface area (TPSA) is 87.7 Å². The second kappa shape index (κ2) is 11.8. The van der Waals surface area contributed by atoms with Crippen LogP contribution in [0.25, 0.3) is 11.3 Å². The number of likely N-dealkylation sites (tertiary alicyclic amines) is 1. The van der Waals surface area contributed by atoms with Crippen molar-refractivity contribution in [2.75, 3.05) is 55.0 Å². The minimum atomic E-state index is -3.02.